The smallest absolute Gasteiger partial charge is 0.407 e. The van der Waals surface area contributed by atoms with Crippen LogP contribution in [-0.2, 0) is 11.3 Å². The second kappa shape index (κ2) is 7.21. The molecule has 1 unspecified atom stereocenters. The van der Waals surface area contributed by atoms with Crippen LogP contribution < -0.4 is 15.8 Å². The van der Waals surface area contributed by atoms with Gasteiger partial charge in [0.15, 0.2) is 0 Å². The number of ether oxygens (including phenoxy) is 2. The van der Waals surface area contributed by atoms with E-state index in [0.29, 0.717) is 5.56 Å². The first-order chi connectivity index (χ1) is 9.71. The standard InChI is InChI=1S/C14H21FN3O3/c1-9(7-18-13(19)21-14(2,3)4)20-12-10(6-16)5-11(15)8-17-12/h5,8-9H,1,6-7,16H2,2-4H3,(H,18,19). The summed E-state index contributed by atoms with van der Waals surface area (Å²) < 4.78 is 23.5. The number of hydrogen-bond acceptors (Lipinski definition) is 5. The number of alkyl carbamates (subject to hydrolysis) is 1. The molecule has 1 radical (unpaired) electrons. The fraction of sp³-hybridized carbons (Fsp3) is 0.500. The van der Waals surface area contributed by atoms with Gasteiger partial charge in [0.2, 0.25) is 5.88 Å². The second-order valence-corrected chi connectivity index (χ2v) is 5.44. The normalized spacial score (nSPS) is 12.7. The number of rotatable bonds is 5. The third-order valence-corrected chi connectivity index (χ3v) is 2.26. The Hall–Kier alpha value is -1.89. The quantitative estimate of drug-likeness (QED) is 0.865. The minimum absolute atomic E-state index is 0.0896. The molecule has 1 amide bonds. The highest BCUT2D eigenvalue weighted by atomic mass is 19.1. The van der Waals surface area contributed by atoms with Crippen molar-refractivity contribution >= 4 is 6.09 Å². The molecule has 117 valence electrons. The van der Waals surface area contributed by atoms with Gasteiger partial charge in [0, 0.05) is 12.1 Å². The van der Waals surface area contributed by atoms with Gasteiger partial charge in [0.05, 0.1) is 12.7 Å². The Kier molecular flexibility index (Phi) is 5.90. The van der Waals surface area contributed by atoms with Crippen molar-refractivity contribution in [3.05, 3.63) is 30.6 Å². The molecule has 0 saturated carbocycles. The number of nitrogens with one attached hydrogen (secondary N) is 1. The summed E-state index contributed by atoms with van der Waals surface area (Å²) >= 11 is 0. The van der Waals surface area contributed by atoms with Gasteiger partial charge in [-0.15, -0.1) is 0 Å². The number of aromatic nitrogens is 1. The first-order valence-electron chi connectivity index (χ1n) is 6.52. The van der Waals surface area contributed by atoms with Crippen molar-refractivity contribution in [3.63, 3.8) is 0 Å². The zero-order valence-corrected chi connectivity index (χ0v) is 12.5. The van der Waals surface area contributed by atoms with Gasteiger partial charge in [-0.25, -0.2) is 14.2 Å². The summed E-state index contributed by atoms with van der Waals surface area (Å²) in [7, 11) is 0. The van der Waals surface area contributed by atoms with Crippen LogP contribution in [0.3, 0.4) is 0 Å². The van der Waals surface area contributed by atoms with Gasteiger partial charge >= 0.3 is 6.09 Å². The van der Waals surface area contributed by atoms with E-state index in [-0.39, 0.29) is 19.0 Å². The van der Waals surface area contributed by atoms with Crippen molar-refractivity contribution in [2.24, 2.45) is 5.73 Å². The number of pyridine rings is 1. The van der Waals surface area contributed by atoms with Crippen molar-refractivity contribution in [2.75, 3.05) is 6.54 Å². The van der Waals surface area contributed by atoms with Crippen LogP contribution in [0.15, 0.2) is 12.3 Å². The Morgan fingerprint density at radius 1 is 1.57 bits per heavy atom. The molecule has 6 nitrogen and oxygen atoms in total. The van der Waals surface area contributed by atoms with Gasteiger partial charge in [-0.1, -0.05) is 0 Å². The van der Waals surface area contributed by atoms with Crippen LogP contribution in [-0.4, -0.2) is 29.3 Å². The molecule has 1 atom stereocenters. The lowest BCUT2D eigenvalue weighted by atomic mass is 10.2. The molecule has 3 N–H and O–H groups in total. The fourth-order valence-corrected chi connectivity index (χ4v) is 1.43. The molecule has 0 aromatic carbocycles. The van der Waals surface area contributed by atoms with E-state index >= 15 is 0 Å². The van der Waals surface area contributed by atoms with E-state index in [1.165, 1.54) is 6.07 Å². The van der Waals surface area contributed by atoms with Gasteiger partial charge in [0.1, 0.15) is 17.5 Å². The molecule has 0 spiro atoms. The minimum atomic E-state index is -0.610. The van der Waals surface area contributed by atoms with Gasteiger partial charge in [-0.2, -0.15) is 0 Å². The van der Waals surface area contributed by atoms with Gasteiger partial charge in [-0.05, 0) is 33.8 Å². The molecular formula is C14H21FN3O3. The Bertz CT molecular complexity index is 489. The SMILES string of the molecule is [CH2]C(CNC(=O)OC(C)(C)C)Oc1ncc(F)cc1CN. The zero-order valence-electron chi connectivity index (χ0n) is 12.5. The molecule has 0 fully saturated rings. The maximum absolute atomic E-state index is 13.0. The van der Waals surface area contributed by atoms with E-state index in [1.54, 1.807) is 20.8 Å². The topological polar surface area (TPSA) is 86.5 Å². The van der Waals surface area contributed by atoms with Gasteiger partial charge in [0.25, 0.3) is 0 Å². The van der Waals surface area contributed by atoms with E-state index in [0.717, 1.165) is 6.20 Å². The van der Waals surface area contributed by atoms with E-state index < -0.39 is 23.6 Å². The van der Waals surface area contributed by atoms with Gasteiger partial charge < -0.3 is 20.5 Å². The lowest BCUT2D eigenvalue weighted by molar-refractivity contribution is 0.0509. The van der Waals surface area contributed by atoms with E-state index in [1.807, 2.05) is 0 Å². The third-order valence-electron chi connectivity index (χ3n) is 2.26. The highest BCUT2D eigenvalue weighted by molar-refractivity contribution is 5.67. The van der Waals surface area contributed by atoms with E-state index in [4.69, 9.17) is 15.2 Å². The van der Waals surface area contributed by atoms with Crippen LogP contribution in [0.1, 0.15) is 26.3 Å². The largest absolute Gasteiger partial charge is 0.472 e. The first-order valence-corrected chi connectivity index (χ1v) is 6.52. The van der Waals surface area contributed by atoms with Crippen LogP contribution in [0, 0.1) is 12.7 Å². The molecule has 1 rings (SSSR count). The molecule has 1 aromatic heterocycles. The molecule has 21 heavy (non-hydrogen) atoms. The summed E-state index contributed by atoms with van der Waals surface area (Å²) in [5, 5.41) is 2.53. The number of halogens is 1. The number of hydrogen-bond donors (Lipinski definition) is 2. The molecule has 0 aliphatic heterocycles. The monoisotopic (exact) mass is 298 g/mol. The van der Waals surface area contributed by atoms with Crippen molar-refractivity contribution in [2.45, 2.75) is 39.0 Å². The molecule has 7 heteroatoms. The predicted molar refractivity (Wildman–Crippen MR) is 76.1 cm³/mol. The number of nitrogens with zero attached hydrogens (tertiary/aromatic N) is 1. The first kappa shape index (κ1) is 17.2. The Balaban J connectivity index is 2.51. The summed E-state index contributed by atoms with van der Waals surface area (Å²) in [5.74, 6) is -0.291. The predicted octanol–water partition coefficient (Wildman–Crippen LogP) is 1.79. The molecule has 0 aliphatic carbocycles. The summed E-state index contributed by atoms with van der Waals surface area (Å²) in [4.78, 5) is 15.3. The summed E-state index contributed by atoms with van der Waals surface area (Å²) in [6, 6.07) is 1.25. The number of amides is 1. The molecule has 1 aromatic rings. The number of carbonyl (C=O) groups excluding carboxylic acids is 1. The second-order valence-electron chi connectivity index (χ2n) is 5.44. The number of carbonyl (C=O) groups is 1. The summed E-state index contributed by atoms with van der Waals surface area (Å²) in [5.41, 5.74) is 5.34. The van der Waals surface area contributed by atoms with Crippen LogP contribution in [0.25, 0.3) is 0 Å². The van der Waals surface area contributed by atoms with Crippen molar-refractivity contribution in [1.82, 2.24) is 10.3 Å². The van der Waals surface area contributed by atoms with Crippen LogP contribution >= 0.6 is 0 Å². The zero-order chi connectivity index (χ0) is 16.0. The lowest BCUT2D eigenvalue weighted by Crippen LogP contribution is -2.38. The van der Waals surface area contributed by atoms with Crippen molar-refractivity contribution < 1.29 is 18.7 Å². The highest BCUT2D eigenvalue weighted by Crippen LogP contribution is 2.16. The molecule has 0 bridgehead atoms. The lowest BCUT2D eigenvalue weighted by Gasteiger charge is -2.21. The minimum Gasteiger partial charge on any atom is -0.472 e. The third kappa shape index (κ3) is 6.40. The van der Waals surface area contributed by atoms with Crippen LogP contribution in [0.2, 0.25) is 0 Å². The van der Waals surface area contributed by atoms with Crippen LogP contribution in [0.4, 0.5) is 9.18 Å². The average molecular weight is 298 g/mol. The van der Waals surface area contributed by atoms with Gasteiger partial charge in [-0.3, -0.25) is 0 Å². The maximum atomic E-state index is 13.0. The van der Waals surface area contributed by atoms with Crippen molar-refractivity contribution in [3.8, 4) is 5.88 Å². The fourth-order valence-electron chi connectivity index (χ4n) is 1.43. The van der Waals surface area contributed by atoms with Crippen LogP contribution in [0.5, 0.6) is 5.88 Å². The maximum Gasteiger partial charge on any atom is 0.407 e. The average Bonchev–Trinajstić information content (AvgIpc) is 2.36. The molecule has 1 heterocycles. The highest BCUT2D eigenvalue weighted by Gasteiger charge is 2.17. The van der Waals surface area contributed by atoms with Crippen molar-refractivity contribution in [1.29, 1.82) is 0 Å². The number of nitrogens with two attached hydrogens (primary N) is 1. The Morgan fingerprint density at radius 3 is 2.81 bits per heavy atom. The summed E-state index contributed by atoms with van der Waals surface area (Å²) in [6.45, 7) is 9.24. The Morgan fingerprint density at radius 2 is 2.24 bits per heavy atom. The summed E-state index contributed by atoms with van der Waals surface area (Å²) in [6.07, 6.45) is -0.144. The van der Waals surface area contributed by atoms with E-state index in [2.05, 4.69) is 17.2 Å². The molecule has 0 saturated heterocycles. The molecular weight excluding hydrogens is 277 g/mol. The van der Waals surface area contributed by atoms with E-state index in [9.17, 15) is 9.18 Å². The molecule has 0 aliphatic rings. The Labute approximate surface area is 123 Å².